The molecule has 2 atom stereocenters. The summed E-state index contributed by atoms with van der Waals surface area (Å²) in [5.74, 6) is 0.382. The van der Waals surface area contributed by atoms with Crippen molar-refractivity contribution >= 4 is 34.2 Å². The van der Waals surface area contributed by atoms with E-state index in [0.29, 0.717) is 36.5 Å². The normalized spacial score (nSPS) is 15.4. The first kappa shape index (κ1) is 31.8. The number of likely N-dealkylation sites (tertiary alicyclic amines) is 1. The summed E-state index contributed by atoms with van der Waals surface area (Å²) in [6.07, 6.45) is 3.82. The zero-order valence-electron chi connectivity index (χ0n) is 26.1. The Hall–Kier alpha value is -4.65. The van der Waals surface area contributed by atoms with Crippen LogP contribution < -0.4 is 16.4 Å². The first-order valence-electron chi connectivity index (χ1n) is 15.6. The number of carbonyl (C=O) groups excluding carboxylic acids is 2. The molecule has 45 heavy (non-hydrogen) atoms. The molecule has 0 radical (unpaired) electrons. The molecule has 5 rings (SSSR count). The van der Waals surface area contributed by atoms with Crippen LogP contribution >= 0.6 is 0 Å². The van der Waals surface area contributed by atoms with Gasteiger partial charge >= 0.3 is 6.03 Å². The van der Waals surface area contributed by atoms with Crippen molar-refractivity contribution in [3.8, 4) is 6.07 Å². The molecule has 1 unspecified atom stereocenters. The molecule has 1 aliphatic rings. The Bertz CT molecular complexity index is 1660. The van der Waals surface area contributed by atoms with Crippen molar-refractivity contribution in [1.82, 2.24) is 9.47 Å². The minimum Gasteiger partial charge on any atom is -0.385 e. The van der Waals surface area contributed by atoms with Crippen LogP contribution in [0, 0.1) is 18.3 Å². The van der Waals surface area contributed by atoms with E-state index in [1.165, 1.54) is 22.2 Å². The van der Waals surface area contributed by atoms with Gasteiger partial charge in [0.15, 0.2) is 0 Å². The van der Waals surface area contributed by atoms with Crippen molar-refractivity contribution < 1.29 is 14.3 Å². The summed E-state index contributed by atoms with van der Waals surface area (Å²) in [4.78, 5) is 27.8. The molecule has 0 spiro atoms. The standard InChI is InChI=1S/C36H42N6O3/c1-25-32-8-3-4-9-33(32)42(19-6-20-45-2)35(25)28-7-5-18-41(24-28)34(43)22-29(38)21-26-10-14-30(15-11-26)39-36(44)40-31-16-12-27(23-37)13-17-31/h3-4,8-17,28-29H,5-7,18-22,24,38H2,1-2H3,(H2,39,40,44)/t28?,29-/m1/s1. The highest BCUT2D eigenvalue weighted by Crippen LogP contribution is 2.36. The van der Waals surface area contributed by atoms with Gasteiger partial charge in [-0.2, -0.15) is 5.26 Å². The maximum Gasteiger partial charge on any atom is 0.323 e. The molecule has 0 bridgehead atoms. The molecule has 0 saturated carbocycles. The number of para-hydroxylation sites is 1. The Morgan fingerprint density at radius 3 is 2.42 bits per heavy atom. The molecule has 1 fully saturated rings. The minimum atomic E-state index is -0.375. The number of hydrogen-bond donors (Lipinski definition) is 3. The van der Waals surface area contributed by atoms with Gasteiger partial charge in [0.05, 0.1) is 11.6 Å². The van der Waals surface area contributed by atoms with Gasteiger partial charge in [-0.05, 0) is 86.2 Å². The monoisotopic (exact) mass is 606 g/mol. The second-order valence-electron chi connectivity index (χ2n) is 11.8. The molecule has 1 aliphatic heterocycles. The van der Waals surface area contributed by atoms with E-state index in [4.69, 9.17) is 15.7 Å². The van der Waals surface area contributed by atoms with Crippen LogP contribution in [0.1, 0.15) is 54.0 Å². The molecule has 9 heteroatoms. The van der Waals surface area contributed by atoms with Crippen LogP contribution in [-0.4, -0.2) is 54.3 Å². The summed E-state index contributed by atoms with van der Waals surface area (Å²) in [7, 11) is 1.74. The Kier molecular flexibility index (Phi) is 10.5. The number of nitriles is 1. The van der Waals surface area contributed by atoms with Crippen LogP contribution in [0.3, 0.4) is 0 Å². The fraction of sp³-hybridized carbons (Fsp3) is 0.361. The molecule has 1 aromatic heterocycles. The average Bonchev–Trinajstić information content (AvgIpc) is 3.33. The van der Waals surface area contributed by atoms with Crippen LogP contribution in [0.15, 0.2) is 72.8 Å². The molecule has 0 aliphatic carbocycles. The summed E-state index contributed by atoms with van der Waals surface area (Å²) in [6.45, 7) is 5.28. The van der Waals surface area contributed by atoms with Gasteiger partial charge in [0, 0.05) is 79.7 Å². The molecule has 2 heterocycles. The lowest BCUT2D eigenvalue weighted by Gasteiger charge is -2.34. The van der Waals surface area contributed by atoms with E-state index in [2.05, 4.69) is 52.5 Å². The number of hydrogen-bond acceptors (Lipinski definition) is 5. The van der Waals surface area contributed by atoms with E-state index in [1.54, 1.807) is 31.4 Å². The van der Waals surface area contributed by atoms with Crippen molar-refractivity contribution in [3.05, 3.63) is 95.2 Å². The summed E-state index contributed by atoms with van der Waals surface area (Å²) >= 11 is 0. The van der Waals surface area contributed by atoms with Gasteiger partial charge in [0.1, 0.15) is 0 Å². The maximum absolute atomic E-state index is 13.4. The van der Waals surface area contributed by atoms with Gasteiger partial charge in [-0.15, -0.1) is 0 Å². The van der Waals surface area contributed by atoms with E-state index in [-0.39, 0.29) is 30.3 Å². The first-order valence-corrected chi connectivity index (χ1v) is 15.6. The highest BCUT2D eigenvalue weighted by atomic mass is 16.5. The number of fused-ring (bicyclic) bond motifs is 1. The summed E-state index contributed by atoms with van der Waals surface area (Å²) < 4.78 is 7.79. The zero-order chi connectivity index (χ0) is 31.8. The van der Waals surface area contributed by atoms with Crippen LogP contribution in [0.5, 0.6) is 0 Å². The van der Waals surface area contributed by atoms with Crippen LogP contribution in [0.2, 0.25) is 0 Å². The summed E-state index contributed by atoms with van der Waals surface area (Å²) in [5, 5.41) is 15.8. The highest BCUT2D eigenvalue weighted by Gasteiger charge is 2.29. The van der Waals surface area contributed by atoms with Gasteiger partial charge in [-0.1, -0.05) is 30.3 Å². The van der Waals surface area contributed by atoms with Gasteiger partial charge < -0.3 is 30.6 Å². The molecule has 1 saturated heterocycles. The number of benzene rings is 3. The number of anilines is 2. The number of nitrogens with one attached hydrogen (secondary N) is 2. The fourth-order valence-corrected chi connectivity index (χ4v) is 6.43. The Morgan fingerprint density at radius 1 is 1.04 bits per heavy atom. The number of amides is 3. The number of methoxy groups -OCH3 is 1. The number of nitrogens with two attached hydrogens (primary N) is 1. The number of rotatable bonds is 11. The number of aryl methyl sites for hydroxylation is 2. The number of urea groups is 1. The van der Waals surface area contributed by atoms with Crippen molar-refractivity contribution in [1.29, 1.82) is 5.26 Å². The smallest absolute Gasteiger partial charge is 0.323 e. The van der Waals surface area contributed by atoms with Crippen molar-refractivity contribution in [3.63, 3.8) is 0 Å². The minimum absolute atomic E-state index is 0.102. The van der Waals surface area contributed by atoms with E-state index in [0.717, 1.165) is 37.9 Å². The quantitative estimate of drug-likeness (QED) is 0.176. The summed E-state index contributed by atoms with van der Waals surface area (Å²) in [6, 6.07) is 24.1. The topological polar surface area (TPSA) is 125 Å². The van der Waals surface area contributed by atoms with Gasteiger partial charge in [-0.3, -0.25) is 4.79 Å². The first-order chi connectivity index (χ1) is 21.9. The Morgan fingerprint density at radius 2 is 1.73 bits per heavy atom. The van der Waals surface area contributed by atoms with Crippen molar-refractivity contribution in [2.45, 2.75) is 57.5 Å². The largest absolute Gasteiger partial charge is 0.385 e. The third-order valence-corrected chi connectivity index (χ3v) is 8.58. The molecule has 3 amide bonds. The van der Waals surface area contributed by atoms with Crippen molar-refractivity contribution in [2.75, 3.05) is 37.4 Å². The second kappa shape index (κ2) is 14.9. The third-order valence-electron chi connectivity index (χ3n) is 8.58. The molecule has 4 aromatic rings. The van der Waals surface area contributed by atoms with Crippen LogP contribution in [-0.2, 0) is 22.5 Å². The highest BCUT2D eigenvalue weighted by molar-refractivity contribution is 5.99. The summed E-state index contributed by atoms with van der Waals surface area (Å²) in [5.41, 5.74) is 13.2. The van der Waals surface area contributed by atoms with E-state index in [9.17, 15) is 9.59 Å². The lowest BCUT2D eigenvalue weighted by molar-refractivity contribution is -0.132. The van der Waals surface area contributed by atoms with E-state index in [1.807, 2.05) is 29.2 Å². The van der Waals surface area contributed by atoms with Crippen LogP contribution in [0.4, 0.5) is 16.2 Å². The number of piperidine rings is 1. The maximum atomic E-state index is 13.4. The third kappa shape index (κ3) is 7.90. The molecule has 3 aromatic carbocycles. The second-order valence-corrected chi connectivity index (χ2v) is 11.8. The fourth-order valence-electron chi connectivity index (χ4n) is 6.43. The zero-order valence-corrected chi connectivity index (χ0v) is 26.1. The number of aromatic nitrogens is 1. The molecule has 234 valence electrons. The van der Waals surface area contributed by atoms with Gasteiger partial charge in [0.2, 0.25) is 5.91 Å². The number of ether oxygens (including phenoxy) is 1. The van der Waals surface area contributed by atoms with Crippen molar-refractivity contribution in [2.24, 2.45) is 5.73 Å². The Labute approximate surface area is 265 Å². The van der Waals surface area contributed by atoms with E-state index < -0.39 is 0 Å². The predicted molar refractivity (Wildman–Crippen MR) is 178 cm³/mol. The molecule has 9 nitrogen and oxygen atoms in total. The van der Waals surface area contributed by atoms with Gasteiger partial charge in [0.25, 0.3) is 0 Å². The predicted octanol–water partition coefficient (Wildman–Crippen LogP) is 6.17. The SMILES string of the molecule is COCCCn1c(C2CCCN(C(=O)C[C@H](N)Cc3ccc(NC(=O)Nc4ccc(C#N)cc4)cc3)C2)c(C)c2ccccc21. The average molecular weight is 607 g/mol. The molecule has 4 N–H and O–H groups in total. The lowest BCUT2D eigenvalue weighted by Crippen LogP contribution is -2.42. The Balaban J connectivity index is 1.15. The molecular formula is C36H42N6O3. The lowest BCUT2D eigenvalue weighted by atomic mass is 9.91. The van der Waals surface area contributed by atoms with Gasteiger partial charge in [-0.25, -0.2) is 4.79 Å². The van der Waals surface area contributed by atoms with Crippen LogP contribution in [0.25, 0.3) is 10.9 Å². The number of carbonyl (C=O) groups is 2. The molecular weight excluding hydrogens is 564 g/mol. The van der Waals surface area contributed by atoms with E-state index >= 15 is 0 Å². The number of nitrogens with zero attached hydrogens (tertiary/aromatic N) is 3.